The van der Waals surface area contributed by atoms with E-state index in [-0.39, 0.29) is 30.2 Å². The van der Waals surface area contributed by atoms with Gasteiger partial charge in [-0.1, -0.05) is 11.6 Å². The monoisotopic (exact) mass is 412 g/mol. The smallest absolute Gasteiger partial charge is 0.414 e. The SMILES string of the molecule is CC(=O)NC[C@H]1CN(c2ccc(N3CCC(=CC4(C#N)CC4)CC3)c(F)c2)C(=O)O1. The topological polar surface area (TPSA) is 85.7 Å². The molecule has 3 aliphatic rings. The minimum absolute atomic E-state index is 0.195. The molecule has 3 fully saturated rings. The predicted octanol–water partition coefficient (Wildman–Crippen LogP) is 3.12. The van der Waals surface area contributed by atoms with Crippen molar-refractivity contribution in [3.05, 3.63) is 35.7 Å². The molecule has 2 heterocycles. The van der Waals surface area contributed by atoms with Crippen LogP contribution in [-0.2, 0) is 9.53 Å². The van der Waals surface area contributed by atoms with Crippen molar-refractivity contribution in [3.8, 4) is 6.07 Å². The molecule has 1 aromatic carbocycles. The molecule has 0 aromatic heterocycles. The van der Waals surface area contributed by atoms with E-state index in [1.807, 2.05) is 4.90 Å². The van der Waals surface area contributed by atoms with E-state index in [9.17, 15) is 19.2 Å². The minimum atomic E-state index is -0.545. The average Bonchev–Trinajstić information content (AvgIpc) is 3.40. The number of nitrogens with one attached hydrogen (secondary N) is 1. The maximum Gasteiger partial charge on any atom is 0.414 e. The number of nitrogens with zero attached hydrogens (tertiary/aromatic N) is 3. The number of piperidine rings is 1. The highest BCUT2D eigenvalue weighted by atomic mass is 19.1. The standard InChI is InChI=1S/C22H25FN4O3/c1-15(28)25-12-18-13-27(21(29)30-18)17-2-3-20(19(23)10-17)26-8-4-16(5-9-26)11-22(14-24)6-7-22/h2-3,10-11,18H,4-9,12-13H2,1H3,(H,25,28)/t18-/m0/s1. The first-order chi connectivity index (χ1) is 14.4. The lowest BCUT2D eigenvalue weighted by molar-refractivity contribution is -0.119. The highest BCUT2D eigenvalue weighted by molar-refractivity contribution is 5.90. The fourth-order valence-corrected chi connectivity index (χ4v) is 4.01. The first-order valence-electron chi connectivity index (χ1n) is 10.3. The molecule has 1 N–H and O–H groups in total. The number of halogens is 1. The third-order valence-corrected chi connectivity index (χ3v) is 5.93. The number of allylic oxidation sites excluding steroid dienone is 1. The molecule has 0 bridgehead atoms. The Balaban J connectivity index is 1.39. The molecule has 1 aromatic rings. The molecule has 2 amide bonds. The molecule has 2 aliphatic heterocycles. The Hall–Kier alpha value is -3.08. The summed E-state index contributed by atoms with van der Waals surface area (Å²) in [5.41, 5.74) is 2.00. The van der Waals surface area contributed by atoms with E-state index >= 15 is 0 Å². The van der Waals surface area contributed by atoms with Gasteiger partial charge in [0.25, 0.3) is 0 Å². The normalized spacial score (nSPS) is 22.4. The molecule has 1 aliphatic carbocycles. The van der Waals surface area contributed by atoms with E-state index in [4.69, 9.17) is 4.74 Å². The fourth-order valence-electron chi connectivity index (χ4n) is 4.01. The van der Waals surface area contributed by atoms with Crippen molar-refractivity contribution < 1.29 is 18.7 Å². The number of benzene rings is 1. The number of hydrogen-bond donors (Lipinski definition) is 1. The van der Waals surface area contributed by atoms with Crippen molar-refractivity contribution in [3.63, 3.8) is 0 Å². The zero-order chi connectivity index (χ0) is 21.3. The first kappa shape index (κ1) is 20.2. The molecule has 158 valence electrons. The van der Waals surface area contributed by atoms with Gasteiger partial charge in [-0.05, 0) is 43.9 Å². The van der Waals surface area contributed by atoms with Crippen molar-refractivity contribution in [2.45, 2.75) is 38.7 Å². The van der Waals surface area contributed by atoms with Gasteiger partial charge < -0.3 is 15.0 Å². The van der Waals surface area contributed by atoms with Gasteiger partial charge in [0.15, 0.2) is 0 Å². The van der Waals surface area contributed by atoms with Crippen molar-refractivity contribution in [2.75, 3.05) is 36.0 Å². The molecular formula is C22H25FN4O3. The zero-order valence-corrected chi connectivity index (χ0v) is 17.0. The molecule has 0 spiro atoms. The van der Waals surface area contributed by atoms with Crippen LogP contribution in [0.3, 0.4) is 0 Å². The van der Waals surface area contributed by atoms with E-state index in [1.54, 1.807) is 12.1 Å². The summed E-state index contributed by atoms with van der Waals surface area (Å²) in [7, 11) is 0. The molecule has 1 atom stereocenters. The molecule has 0 radical (unpaired) electrons. The van der Waals surface area contributed by atoms with Crippen LogP contribution in [0.15, 0.2) is 29.8 Å². The quantitative estimate of drug-likeness (QED) is 0.751. The van der Waals surface area contributed by atoms with Crippen LogP contribution < -0.4 is 15.1 Å². The molecule has 0 unspecified atom stereocenters. The zero-order valence-electron chi connectivity index (χ0n) is 17.0. The molecule has 2 saturated heterocycles. The lowest BCUT2D eigenvalue weighted by Crippen LogP contribution is -2.33. The summed E-state index contributed by atoms with van der Waals surface area (Å²) in [6, 6.07) is 7.17. The van der Waals surface area contributed by atoms with Gasteiger partial charge in [-0.3, -0.25) is 9.69 Å². The number of rotatable bonds is 5. The summed E-state index contributed by atoms with van der Waals surface area (Å²) in [5, 5.41) is 11.9. The Morgan fingerprint density at radius 1 is 1.40 bits per heavy atom. The summed E-state index contributed by atoms with van der Waals surface area (Å²) in [6.45, 7) is 3.29. The van der Waals surface area contributed by atoms with E-state index in [2.05, 4.69) is 17.5 Å². The maximum atomic E-state index is 14.9. The van der Waals surface area contributed by atoms with Gasteiger partial charge in [-0.2, -0.15) is 5.26 Å². The van der Waals surface area contributed by atoms with Gasteiger partial charge in [0.05, 0.1) is 35.9 Å². The van der Waals surface area contributed by atoms with Crippen molar-refractivity contribution in [2.24, 2.45) is 5.41 Å². The minimum Gasteiger partial charge on any atom is -0.442 e. The first-order valence-corrected chi connectivity index (χ1v) is 10.3. The van der Waals surface area contributed by atoms with Gasteiger partial charge >= 0.3 is 6.09 Å². The van der Waals surface area contributed by atoms with Gasteiger partial charge in [0.2, 0.25) is 5.91 Å². The summed E-state index contributed by atoms with van der Waals surface area (Å²) >= 11 is 0. The largest absolute Gasteiger partial charge is 0.442 e. The van der Waals surface area contributed by atoms with Crippen LogP contribution in [0.2, 0.25) is 0 Å². The molecule has 30 heavy (non-hydrogen) atoms. The molecule has 7 nitrogen and oxygen atoms in total. The van der Waals surface area contributed by atoms with Crippen molar-refractivity contribution in [1.29, 1.82) is 5.26 Å². The lowest BCUT2D eigenvalue weighted by Gasteiger charge is -2.31. The number of ether oxygens (including phenoxy) is 1. The third kappa shape index (κ3) is 4.25. The average molecular weight is 412 g/mol. The predicted molar refractivity (Wildman–Crippen MR) is 110 cm³/mol. The van der Waals surface area contributed by atoms with Gasteiger partial charge in [0.1, 0.15) is 11.9 Å². The number of amides is 2. The van der Waals surface area contributed by atoms with Gasteiger partial charge in [0, 0.05) is 20.0 Å². The van der Waals surface area contributed by atoms with Crippen LogP contribution in [0, 0.1) is 22.6 Å². The van der Waals surface area contributed by atoms with Crippen LogP contribution in [0.5, 0.6) is 0 Å². The summed E-state index contributed by atoms with van der Waals surface area (Å²) in [6.07, 6.45) is 4.66. The Bertz CT molecular complexity index is 925. The molecule has 8 heteroatoms. The van der Waals surface area contributed by atoms with Crippen LogP contribution in [0.25, 0.3) is 0 Å². The Morgan fingerprint density at radius 3 is 2.73 bits per heavy atom. The van der Waals surface area contributed by atoms with Crippen LogP contribution in [0.1, 0.15) is 32.6 Å². The Kier molecular flexibility index (Phi) is 5.37. The summed E-state index contributed by atoms with van der Waals surface area (Å²) in [5.74, 6) is -0.576. The number of nitriles is 1. The van der Waals surface area contributed by atoms with E-state index < -0.39 is 12.2 Å². The summed E-state index contributed by atoms with van der Waals surface area (Å²) in [4.78, 5) is 26.6. The summed E-state index contributed by atoms with van der Waals surface area (Å²) < 4.78 is 20.1. The van der Waals surface area contributed by atoms with Crippen LogP contribution in [0.4, 0.5) is 20.6 Å². The number of anilines is 2. The second kappa shape index (κ2) is 7.98. The van der Waals surface area contributed by atoms with Crippen molar-refractivity contribution in [1.82, 2.24) is 5.32 Å². The highest BCUT2D eigenvalue weighted by Crippen LogP contribution is 2.47. The molecule has 1 saturated carbocycles. The van der Waals surface area contributed by atoms with E-state index in [0.717, 1.165) is 25.7 Å². The van der Waals surface area contributed by atoms with Crippen molar-refractivity contribution >= 4 is 23.4 Å². The number of hydrogen-bond acceptors (Lipinski definition) is 5. The second-order valence-corrected chi connectivity index (χ2v) is 8.25. The van der Waals surface area contributed by atoms with Crippen LogP contribution in [-0.4, -0.2) is 44.3 Å². The second-order valence-electron chi connectivity index (χ2n) is 8.25. The Morgan fingerprint density at radius 2 is 2.13 bits per heavy atom. The van der Waals surface area contributed by atoms with Crippen LogP contribution >= 0.6 is 0 Å². The fraction of sp³-hybridized carbons (Fsp3) is 0.500. The van der Waals surface area contributed by atoms with Gasteiger partial charge in [-0.25, -0.2) is 9.18 Å². The maximum absolute atomic E-state index is 14.9. The highest BCUT2D eigenvalue weighted by Gasteiger charge is 2.41. The number of carbonyl (C=O) groups excluding carboxylic acids is 2. The Labute approximate surface area is 175 Å². The van der Waals surface area contributed by atoms with E-state index in [0.29, 0.717) is 24.5 Å². The molecule has 4 rings (SSSR count). The van der Waals surface area contributed by atoms with Gasteiger partial charge in [-0.15, -0.1) is 0 Å². The number of carbonyl (C=O) groups is 2. The molecular weight excluding hydrogens is 387 g/mol. The van der Waals surface area contributed by atoms with E-state index in [1.165, 1.54) is 23.5 Å². The lowest BCUT2D eigenvalue weighted by atomic mass is 9.97. The number of cyclic esters (lactones) is 1. The third-order valence-electron chi connectivity index (χ3n) is 5.93.